The van der Waals surface area contributed by atoms with Crippen LogP contribution in [0.1, 0.15) is 45.4 Å². The number of aliphatic hydroxyl groups is 1. The lowest BCUT2D eigenvalue weighted by Gasteiger charge is -2.38. The molecule has 1 atom stereocenters. The predicted octanol–water partition coefficient (Wildman–Crippen LogP) is 1.12. The van der Waals surface area contributed by atoms with Crippen molar-refractivity contribution in [1.82, 2.24) is 4.90 Å². The molecule has 100 valence electrons. The highest BCUT2D eigenvalue weighted by Gasteiger charge is 2.39. The van der Waals surface area contributed by atoms with Crippen molar-refractivity contribution in [3.63, 3.8) is 0 Å². The van der Waals surface area contributed by atoms with Gasteiger partial charge in [0.2, 0.25) is 5.91 Å². The number of nitrogens with zero attached hydrogens (tertiary/aromatic N) is 1. The smallest absolute Gasteiger partial charge is 0.229 e. The van der Waals surface area contributed by atoms with E-state index in [1.165, 1.54) is 6.42 Å². The number of aliphatic hydroxyl groups excluding tert-OH is 1. The normalized spacial score (nSPS) is 20.9. The van der Waals surface area contributed by atoms with E-state index in [1.54, 1.807) is 11.8 Å². The Labute approximate surface area is 104 Å². The third-order valence-electron chi connectivity index (χ3n) is 3.88. The molecule has 0 aliphatic heterocycles. The van der Waals surface area contributed by atoms with E-state index in [-0.39, 0.29) is 17.4 Å². The Kier molecular flexibility index (Phi) is 5.40. The number of hydrogen-bond acceptors (Lipinski definition) is 3. The van der Waals surface area contributed by atoms with Crippen molar-refractivity contribution >= 4 is 5.91 Å². The molecule has 1 unspecified atom stereocenters. The quantitative estimate of drug-likeness (QED) is 0.759. The molecule has 0 heterocycles. The summed E-state index contributed by atoms with van der Waals surface area (Å²) in [5.41, 5.74) is 5.51. The summed E-state index contributed by atoms with van der Waals surface area (Å²) in [5, 5.41) is 9.25. The zero-order valence-electron chi connectivity index (χ0n) is 11.1. The Balaban J connectivity index is 2.58. The summed E-state index contributed by atoms with van der Waals surface area (Å²) in [7, 11) is 1.82. The number of carbonyl (C=O) groups is 1. The summed E-state index contributed by atoms with van der Waals surface area (Å²) < 4.78 is 0. The molecule has 0 bridgehead atoms. The molecular weight excluding hydrogens is 216 g/mol. The van der Waals surface area contributed by atoms with Crippen molar-refractivity contribution in [2.45, 2.75) is 51.6 Å². The lowest BCUT2D eigenvalue weighted by molar-refractivity contribution is -0.142. The molecule has 0 saturated heterocycles. The first-order valence-electron chi connectivity index (χ1n) is 6.65. The number of hydrogen-bond donors (Lipinski definition) is 2. The molecule has 1 amide bonds. The molecule has 1 aliphatic carbocycles. The Bertz CT molecular complexity index is 248. The second kappa shape index (κ2) is 6.36. The fraction of sp³-hybridized carbons (Fsp3) is 0.923. The molecule has 4 heteroatoms. The number of carbonyl (C=O) groups excluding carboxylic acids is 1. The van der Waals surface area contributed by atoms with Gasteiger partial charge in [-0.1, -0.05) is 19.3 Å². The Morgan fingerprint density at radius 3 is 2.47 bits per heavy atom. The minimum absolute atomic E-state index is 0.167. The SMILES string of the molecule is CC(O)CCN(C)C(=O)C1(CN)CCCCC1. The van der Waals surface area contributed by atoms with Gasteiger partial charge in [0, 0.05) is 20.1 Å². The van der Waals surface area contributed by atoms with Gasteiger partial charge in [0.05, 0.1) is 11.5 Å². The van der Waals surface area contributed by atoms with Gasteiger partial charge in [0.15, 0.2) is 0 Å². The molecular formula is C13H26N2O2. The van der Waals surface area contributed by atoms with E-state index in [0.717, 1.165) is 25.7 Å². The van der Waals surface area contributed by atoms with Crippen LogP contribution in [-0.2, 0) is 4.79 Å². The third kappa shape index (κ3) is 3.68. The summed E-state index contributed by atoms with van der Waals surface area (Å²) in [6.07, 6.45) is 5.53. The zero-order valence-corrected chi connectivity index (χ0v) is 11.1. The van der Waals surface area contributed by atoms with Crippen molar-refractivity contribution in [2.24, 2.45) is 11.1 Å². The van der Waals surface area contributed by atoms with Gasteiger partial charge in [-0.2, -0.15) is 0 Å². The molecule has 1 fully saturated rings. The van der Waals surface area contributed by atoms with Gasteiger partial charge in [-0.15, -0.1) is 0 Å². The molecule has 0 aromatic carbocycles. The van der Waals surface area contributed by atoms with Crippen LogP contribution in [0.2, 0.25) is 0 Å². The van der Waals surface area contributed by atoms with E-state index < -0.39 is 0 Å². The number of nitrogens with two attached hydrogens (primary N) is 1. The highest BCUT2D eigenvalue weighted by molar-refractivity contribution is 5.82. The average molecular weight is 242 g/mol. The molecule has 0 spiro atoms. The first-order valence-corrected chi connectivity index (χ1v) is 6.65. The lowest BCUT2D eigenvalue weighted by Crippen LogP contribution is -2.48. The van der Waals surface area contributed by atoms with E-state index in [0.29, 0.717) is 19.5 Å². The van der Waals surface area contributed by atoms with E-state index in [1.807, 2.05) is 7.05 Å². The fourth-order valence-corrected chi connectivity index (χ4v) is 2.62. The number of amides is 1. The maximum atomic E-state index is 12.4. The Morgan fingerprint density at radius 2 is 2.00 bits per heavy atom. The van der Waals surface area contributed by atoms with Gasteiger partial charge >= 0.3 is 0 Å². The molecule has 0 aromatic rings. The summed E-state index contributed by atoms with van der Waals surface area (Å²) in [5.74, 6) is 0.167. The van der Waals surface area contributed by atoms with Crippen molar-refractivity contribution in [3.8, 4) is 0 Å². The summed E-state index contributed by atoms with van der Waals surface area (Å²) in [4.78, 5) is 14.2. The second-order valence-electron chi connectivity index (χ2n) is 5.41. The molecule has 1 aliphatic rings. The van der Waals surface area contributed by atoms with Crippen LogP contribution in [-0.4, -0.2) is 42.2 Å². The van der Waals surface area contributed by atoms with Crippen LogP contribution in [0.3, 0.4) is 0 Å². The number of rotatable bonds is 5. The van der Waals surface area contributed by atoms with Crippen molar-refractivity contribution in [1.29, 1.82) is 0 Å². The zero-order chi connectivity index (χ0) is 12.9. The van der Waals surface area contributed by atoms with Crippen molar-refractivity contribution in [3.05, 3.63) is 0 Å². The van der Waals surface area contributed by atoms with Gasteiger partial charge in [-0.05, 0) is 26.2 Å². The summed E-state index contributed by atoms with van der Waals surface area (Å²) >= 11 is 0. The van der Waals surface area contributed by atoms with Gasteiger partial charge in [-0.3, -0.25) is 4.79 Å². The Hall–Kier alpha value is -0.610. The standard InChI is InChI=1S/C13H26N2O2/c1-11(16)6-9-15(2)12(17)13(10-14)7-4-3-5-8-13/h11,16H,3-10,14H2,1-2H3. The highest BCUT2D eigenvalue weighted by Crippen LogP contribution is 2.36. The van der Waals surface area contributed by atoms with Crippen molar-refractivity contribution in [2.75, 3.05) is 20.1 Å². The minimum atomic E-state index is -0.356. The highest BCUT2D eigenvalue weighted by atomic mass is 16.3. The largest absolute Gasteiger partial charge is 0.393 e. The molecule has 0 radical (unpaired) electrons. The molecule has 3 N–H and O–H groups in total. The van der Waals surface area contributed by atoms with Gasteiger partial charge in [-0.25, -0.2) is 0 Å². The molecule has 1 rings (SSSR count). The Morgan fingerprint density at radius 1 is 1.41 bits per heavy atom. The van der Waals surface area contributed by atoms with E-state index >= 15 is 0 Å². The predicted molar refractivity (Wildman–Crippen MR) is 68.5 cm³/mol. The van der Waals surface area contributed by atoms with Gasteiger partial charge in [0.25, 0.3) is 0 Å². The first kappa shape index (κ1) is 14.5. The van der Waals surface area contributed by atoms with Crippen LogP contribution in [0.25, 0.3) is 0 Å². The summed E-state index contributed by atoms with van der Waals surface area (Å²) in [6.45, 7) is 2.81. The minimum Gasteiger partial charge on any atom is -0.393 e. The van der Waals surface area contributed by atoms with Gasteiger partial charge in [0.1, 0.15) is 0 Å². The van der Waals surface area contributed by atoms with Crippen LogP contribution >= 0.6 is 0 Å². The van der Waals surface area contributed by atoms with Crippen molar-refractivity contribution < 1.29 is 9.90 Å². The van der Waals surface area contributed by atoms with Crippen LogP contribution in [0.4, 0.5) is 0 Å². The fourth-order valence-electron chi connectivity index (χ4n) is 2.62. The van der Waals surface area contributed by atoms with Crippen LogP contribution < -0.4 is 5.73 Å². The maximum absolute atomic E-state index is 12.4. The lowest BCUT2D eigenvalue weighted by atomic mass is 9.73. The van der Waals surface area contributed by atoms with E-state index in [9.17, 15) is 9.90 Å². The maximum Gasteiger partial charge on any atom is 0.229 e. The molecule has 1 saturated carbocycles. The second-order valence-corrected chi connectivity index (χ2v) is 5.41. The van der Waals surface area contributed by atoms with Crippen LogP contribution in [0, 0.1) is 5.41 Å². The first-order chi connectivity index (χ1) is 8.02. The van der Waals surface area contributed by atoms with Gasteiger partial charge < -0.3 is 15.7 Å². The summed E-state index contributed by atoms with van der Waals surface area (Å²) in [6, 6.07) is 0. The third-order valence-corrected chi connectivity index (χ3v) is 3.88. The monoisotopic (exact) mass is 242 g/mol. The van der Waals surface area contributed by atoms with Crippen LogP contribution in [0.15, 0.2) is 0 Å². The molecule has 4 nitrogen and oxygen atoms in total. The topological polar surface area (TPSA) is 66.6 Å². The van der Waals surface area contributed by atoms with E-state index in [2.05, 4.69) is 0 Å². The molecule has 17 heavy (non-hydrogen) atoms. The van der Waals surface area contributed by atoms with Crippen LogP contribution in [0.5, 0.6) is 0 Å². The van der Waals surface area contributed by atoms with E-state index in [4.69, 9.17) is 5.73 Å². The average Bonchev–Trinajstić information content (AvgIpc) is 2.35. The molecule has 0 aromatic heterocycles.